The molecule has 0 aliphatic carbocycles. The van der Waals surface area contributed by atoms with Gasteiger partial charge in [0.25, 0.3) is 0 Å². The summed E-state index contributed by atoms with van der Waals surface area (Å²) in [7, 11) is -4.06. The van der Waals surface area contributed by atoms with Gasteiger partial charge in [0, 0.05) is 11.7 Å². The fraction of sp³-hybridized carbons (Fsp3) is 0.900. The molecule has 0 aromatic rings. The molecule has 0 radical (unpaired) electrons. The number of hydrogen-bond donors (Lipinski definition) is 0. The van der Waals surface area contributed by atoms with Gasteiger partial charge in [0.1, 0.15) is 0 Å². The minimum atomic E-state index is -4.06. The molecule has 0 spiro atoms. The third kappa shape index (κ3) is 22.6. The van der Waals surface area contributed by atoms with E-state index in [1.54, 1.807) is 0 Å². The number of carbonyl (C=O) groups excluding carboxylic acids is 1. The Labute approximate surface area is 153 Å². The van der Waals surface area contributed by atoms with Crippen molar-refractivity contribution in [3.8, 4) is 0 Å². The quantitative estimate of drug-likeness (QED) is 0.227. The van der Waals surface area contributed by atoms with Gasteiger partial charge in [-0.1, -0.05) is 32.1 Å². The molecule has 0 N–H and O–H groups in total. The predicted octanol–water partition coefficient (Wildman–Crippen LogP) is -5.59. The summed E-state index contributed by atoms with van der Waals surface area (Å²) in [5, 5.41) is 10.1. The molecule has 0 fully saturated rings. The first kappa shape index (κ1) is 24.4. The number of carbonyl (C=O) groups is 1. The van der Waals surface area contributed by atoms with E-state index in [0.29, 0.717) is 12.8 Å². The van der Waals surface area contributed by atoms with E-state index in [4.69, 9.17) is 0 Å². The first-order chi connectivity index (χ1) is 7.42. The summed E-state index contributed by atoms with van der Waals surface area (Å²) in [5.74, 6) is -1.29. The molecule has 0 saturated carbocycles. The van der Waals surface area contributed by atoms with Crippen molar-refractivity contribution < 1.29 is 82.0 Å². The smallest absolute Gasteiger partial charge is 0.748 e. The number of unbranched alkanes of at least 4 members (excludes halogenated alkanes) is 6. The third-order valence-electron chi connectivity index (χ3n) is 2.28. The largest absolute Gasteiger partial charge is 1.00 e. The molecule has 0 saturated heterocycles. The van der Waals surface area contributed by atoms with Gasteiger partial charge in [-0.3, -0.25) is 0 Å². The van der Waals surface area contributed by atoms with Crippen LogP contribution in [0.4, 0.5) is 0 Å². The normalized spacial score (nSPS) is 10.3. The summed E-state index contributed by atoms with van der Waals surface area (Å²) in [6.45, 7) is 0. The van der Waals surface area contributed by atoms with Gasteiger partial charge in [-0.25, -0.2) is 8.42 Å². The van der Waals surface area contributed by atoms with Crippen LogP contribution in [0.3, 0.4) is 0 Å². The summed E-state index contributed by atoms with van der Waals surface area (Å²) >= 11 is 0. The van der Waals surface area contributed by atoms with E-state index in [0.717, 1.165) is 32.1 Å². The van der Waals surface area contributed by atoms with Crippen LogP contribution < -0.4 is 64.2 Å². The predicted molar refractivity (Wildman–Crippen MR) is 56.5 cm³/mol. The second-order valence-corrected chi connectivity index (χ2v) is 5.38. The van der Waals surface area contributed by atoms with Crippen molar-refractivity contribution >= 4 is 16.1 Å². The number of hydrogen-bond acceptors (Lipinski definition) is 5. The van der Waals surface area contributed by atoms with Gasteiger partial charge in [0.2, 0.25) is 0 Å². The van der Waals surface area contributed by atoms with E-state index in [2.05, 4.69) is 0 Å². The molecule has 0 amide bonds. The fourth-order valence-electron chi connectivity index (χ4n) is 1.43. The Morgan fingerprint density at radius 1 is 0.833 bits per heavy atom. The molecule has 0 unspecified atom stereocenters. The average molecular weight is 296 g/mol. The van der Waals surface area contributed by atoms with Gasteiger partial charge in [-0.15, -0.1) is 0 Å². The van der Waals surface area contributed by atoms with Gasteiger partial charge >= 0.3 is 59.1 Å². The zero-order valence-electron chi connectivity index (χ0n) is 11.3. The second-order valence-electron chi connectivity index (χ2n) is 3.86. The van der Waals surface area contributed by atoms with Crippen molar-refractivity contribution in [3.05, 3.63) is 0 Å². The van der Waals surface area contributed by atoms with Gasteiger partial charge in [-0.2, -0.15) is 0 Å². The van der Waals surface area contributed by atoms with E-state index in [1.165, 1.54) is 0 Å². The van der Waals surface area contributed by atoms with Crippen LogP contribution in [0.25, 0.3) is 0 Å². The summed E-state index contributed by atoms with van der Waals surface area (Å²) in [6.07, 6.45) is 5.54. The van der Waals surface area contributed by atoms with Crippen LogP contribution in [-0.2, 0) is 14.9 Å². The molecule has 0 heterocycles. The van der Waals surface area contributed by atoms with Crippen LogP contribution in [0.2, 0.25) is 0 Å². The zero-order chi connectivity index (χ0) is 12.4. The van der Waals surface area contributed by atoms with Crippen molar-refractivity contribution in [2.45, 2.75) is 51.4 Å². The third-order valence-corrected chi connectivity index (χ3v) is 3.06. The van der Waals surface area contributed by atoms with Gasteiger partial charge in [0.15, 0.2) is 0 Å². The van der Waals surface area contributed by atoms with Crippen LogP contribution in [0, 0.1) is 0 Å². The topological polar surface area (TPSA) is 97.3 Å². The van der Waals surface area contributed by atoms with E-state index in [9.17, 15) is 22.9 Å². The van der Waals surface area contributed by atoms with E-state index < -0.39 is 16.1 Å². The van der Waals surface area contributed by atoms with Crippen molar-refractivity contribution in [1.82, 2.24) is 0 Å². The minimum absolute atomic E-state index is 0. The van der Waals surface area contributed by atoms with E-state index in [-0.39, 0.29) is 71.3 Å². The molecular formula is C10H18Na2O5S. The number of carboxylic acid groups (broad SMARTS) is 1. The van der Waals surface area contributed by atoms with E-state index >= 15 is 0 Å². The SMILES string of the molecule is O=C([O-])CCCCCCCCCS(=O)(=O)[O-].[Na+].[Na+]. The van der Waals surface area contributed by atoms with Crippen molar-refractivity contribution in [2.24, 2.45) is 0 Å². The standard InChI is InChI=1S/C10H20O5S.2Na/c11-10(12)8-6-4-2-1-3-5-7-9-16(13,14)15;;/h1-9H2,(H,11,12)(H,13,14,15);;/q;2*+1/p-2. The Morgan fingerprint density at radius 3 is 1.61 bits per heavy atom. The van der Waals surface area contributed by atoms with Crippen LogP contribution >= 0.6 is 0 Å². The second kappa shape index (κ2) is 14.8. The molecule has 0 rings (SSSR count). The number of carboxylic acids is 1. The first-order valence-electron chi connectivity index (χ1n) is 5.55. The molecule has 0 aliphatic heterocycles. The summed E-state index contributed by atoms with van der Waals surface area (Å²) in [6, 6.07) is 0. The van der Waals surface area contributed by atoms with Crippen molar-refractivity contribution in [2.75, 3.05) is 5.75 Å². The van der Waals surface area contributed by atoms with Crippen molar-refractivity contribution in [3.63, 3.8) is 0 Å². The molecule has 96 valence electrons. The van der Waals surface area contributed by atoms with Crippen LogP contribution in [0.5, 0.6) is 0 Å². The van der Waals surface area contributed by atoms with Crippen LogP contribution in [-0.4, -0.2) is 24.7 Å². The summed E-state index contributed by atoms with van der Waals surface area (Å²) in [4.78, 5) is 10.1. The molecule has 18 heavy (non-hydrogen) atoms. The van der Waals surface area contributed by atoms with E-state index in [1.807, 2.05) is 0 Å². The monoisotopic (exact) mass is 296 g/mol. The summed E-state index contributed by atoms with van der Waals surface area (Å²) in [5.41, 5.74) is 0. The summed E-state index contributed by atoms with van der Waals surface area (Å²) < 4.78 is 30.8. The molecular weight excluding hydrogens is 278 g/mol. The Kier molecular flexibility index (Phi) is 20.0. The van der Waals surface area contributed by atoms with Gasteiger partial charge in [-0.05, 0) is 19.3 Å². The molecule has 0 aromatic heterocycles. The first-order valence-corrected chi connectivity index (χ1v) is 7.13. The number of aliphatic carboxylic acids is 1. The Bertz CT molecular complexity index is 293. The Balaban J connectivity index is -0.00000112. The van der Waals surface area contributed by atoms with Gasteiger partial charge in [0.05, 0.1) is 10.1 Å². The molecule has 0 atom stereocenters. The Morgan fingerprint density at radius 2 is 1.22 bits per heavy atom. The Hall–Kier alpha value is 1.38. The zero-order valence-corrected chi connectivity index (χ0v) is 16.1. The molecule has 8 heteroatoms. The molecule has 0 aliphatic rings. The maximum Gasteiger partial charge on any atom is 1.00 e. The fourth-order valence-corrected chi connectivity index (χ4v) is 1.99. The molecule has 5 nitrogen and oxygen atoms in total. The van der Waals surface area contributed by atoms with Crippen LogP contribution in [0.1, 0.15) is 51.4 Å². The van der Waals surface area contributed by atoms with Crippen LogP contribution in [0.15, 0.2) is 0 Å². The maximum absolute atomic E-state index is 10.3. The molecule has 0 aromatic carbocycles. The number of rotatable bonds is 10. The maximum atomic E-state index is 10.3. The molecule has 0 bridgehead atoms. The van der Waals surface area contributed by atoms with Gasteiger partial charge < -0.3 is 14.5 Å². The van der Waals surface area contributed by atoms with Crippen molar-refractivity contribution in [1.29, 1.82) is 0 Å². The minimum Gasteiger partial charge on any atom is -0.748 e. The average Bonchev–Trinajstić information content (AvgIpc) is 2.13.